The summed E-state index contributed by atoms with van der Waals surface area (Å²) in [4.78, 5) is 0. The molecule has 116 valence electrons. The lowest BCUT2D eigenvalue weighted by Crippen LogP contribution is -2.41. The molecule has 1 aliphatic carbocycles. The van der Waals surface area contributed by atoms with E-state index in [4.69, 9.17) is 9.47 Å². The van der Waals surface area contributed by atoms with Gasteiger partial charge in [0.25, 0.3) is 0 Å². The Kier molecular flexibility index (Phi) is 4.84. The highest BCUT2D eigenvalue weighted by Gasteiger charge is 2.44. The summed E-state index contributed by atoms with van der Waals surface area (Å²) in [5.41, 5.74) is 0.161. The first-order chi connectivity index (χ1) is 10.2. The summed E-state index contributed by atoms with van der Waals surface area (Å²) in [7, 11) is 0. The molecule has 1 spiro atoms. The van der Waals surface area contributed by atoms with E-state index in [0.717, 1.165) is 23.2 Å². The quantitative estimate of drug-likeness (QED) is 0.822. The molecule has 3 rings (SSSR count). The van der Waals surface area contributed by atoms with Crippen molar-refractivity contribution in [2.75, 3.05) is 19.8 Å². The molecule has 5 heteroatoms. The molecular weight excluding hydrogens is 334 g/mol. The first-order valence-corrected chi connectivity index (χ1v) is 8.39. The van der Waals surface area contributed by atoms with Crippen LogP contribution in [0.25, 0.3) is 0 Å². The molecule has 1 aliphatic heterocycles. The predicted octanol–water partition coefficient (Wildman–Crippen LogP) is 2.49. The fourth-order valence-corrected chi connectivity index (χ4v) is 3.40. The molecule has 1 aromatic carbocycles. The molecule has 2 atom stereocenters. The smallest absolute Gasteiger partial charge is 0.133 e. The number of ether oxygens (including phenoxy) is 2. The van der Waals surface area contributed by atoms with Crippen molar-refractivity contribution < 1.29 is 14.6 Å². The van der Waals surface area contributed by atoms with Gasteiger partial charge < -0.3 is 19.9 Å². The summed E-state index contributed by atoms with van der Waals surface area (Å²) >= 11 is 3.43. The van der Waals surface area contributed by atoms with Crippen molar-refractivity contribution in [3.8, 4) is 5.75 Å². The molecule has 0 radical (unpaired) electrons. The van der Waals surface area contributed by atoms with E-state index in [9.17, 15) is 5.11 Å². The molecule has 4 nitrogen and oxygen atoms in total. The Hall–Kier alpha value is -0.620. The predicted molar refractivity (Wildman–Crippen MR) is 84.6 cm³/mol. The second-order valence-corrected chi connectivity index (χ2v) is 6.91. The third-order valence-electron chi connectivity index (χ3n) is 4.38. The lowest BCUT2D eigenvalue weighted by Gasteiger charge is -2.37. The van der Waals surface area contributed by atoms with Crippen LogP contribution >= 0.6 is 15.9 Å². The first-order valence-electron chi connectivity index (χ1n) is 7.60. The molecule has 2 unspecified atom stereocenters. The molecule has 1 heterocycles. The van der Waals surface area contributed by atoms with Gasteiger partial charge in [-0.2, -0.15) is 0 Å². The van der Waals surface area contributed by atoms with Gasteiger partial charge in [-0.3, -0.25) is 0 Å². The van der Waals surface area contributed by atoms with E-state index in [1.54, 1.807) is 0 Å². The van der Waals surface area contributed by atoms with Crippen LogP contribution in [0.4, 0.5) is 0 Å². The van der Waals surface area contributed by atoms with E-state index >= 15 is 0 Å². The van der Waals surface area contributed by atoms with Crippen molar-refractivity contribution in [3.63, 3.8) is 0 Å². The number of halogens is 1. The van der Waals surface area contributed by atoms with Gasteiger partial charge in [0.1, 0.15) is 18.5 Å². The van der Waals surface area contributed by atoms with Crippen molar-refractivity contribution in [2.24, 2.45) is 0 Å². The molecule has 2 N–H and O–H groups in total. The maximum Gasteiger partial charge on any atom is 0.133 e. The van der Waals surface area contributed by atoms with Gasteiger partial charge in [-0.15, -0.1) is 0 Å². The van der Waals surface area contributed by atoms with Crippen LogP contribution in [0, 0.1) is 0 Å². The normalized spacial score (nSPS) is 24.8. The van der Waals surface area contributed by atoms with E-state index in [1.807, 2.05) is 24.3 Å². The number of aliphatic hydroxyl groups is 1. The average Bonchev–Trinajstić information content (AvgIpc) is 2.89. The number of rotatable bonds is 6. The van der Waals surface area contributed by atoms with Gasteiger partial charge in [0.05, 0.1) is 16.7 Å². The molecule has 1 aromatic rings. The van der Waals surface area contributed by atoms with Crippen LogP contribution in [-0.2, 0) is 4.74 Å². The second kappa shape index (κ2) is 6.65. The molecule has 2 aliphatic rings. The number of nitrogens with one attached hydrogen (secondary N) is 1. The van der Waals surface area contributed by atoms with Crippen molar-refractivity contribution >= 4 is 15.9 Å². The Balaban J connectivity index is 1.37. The van der Waals surface area contributed by atoms with Gasteiger partial charge in [-0.05, 0) is 53.7 Å². The maximum atomic E-state index is 10.0. The highest BCUT2D eigenvalue weighted by molar-refractivity contribution is 9.10. The van der Waals surface area contributed by atoms with Crippen LogP contribution in [0.15, 0.2) is 28.7 Å². The number of aliphatic hydroxyl groups excluding tert-OH is 1. The molecule has 1 saturated heterocycles. The van der Waals surface area contributed by atoms with Crippen LogP contribution in [0.3, 0.4) is 0 Å². The molecule has 0 aromatic heterocycles. The minimum absolute atomic E-state index is 0.161. The van der Waals surface area contributed by atoms with Crippen molar-refractivity contribution in [1.29, 1.82) is 0 Å². The zero-order valence-electron chi connectivity index (χ0n) is 12.1. The van der Waals surface area contributed by atoms with E-state index < -0.39 is 6.10 Å². The fraction of sp³-hybridized carbons (Fsp3) is 0.625. The lowest BCUT2D eigenvalue weighted by atomic mass is 9.77. The zero-order chi connectivity index (χ0) is 14.7. The van der Waals surface area contributed by atoms with E-state index in [-0.39, 0.29) is 12.2 Å². The van der Waals surface area contributed by atoms with Gasteiger partial charge >= 0.3 is 0 Å². The molecule has 2 fully saturated rings. The van der Waals surface area contributed by atoms with E-state index in [0.29, 0.717) is 12.6 Å². The number of hydrogen-bond acceptors (Lipinski definition) is 4. The second-order valence-electron chi connectivity index (χ2n) is 6.05. The summed E-state index contributed by atoms with van der Waals surface area (Å²) in [5, 5.41) is 13.4. The van der Waals surface area contributed by atoms with Crippen molar-refractivity contribution in [2.45, 2.75) is 43.4 Å². The number of para-hydroxylation sites is 1. The minimum atomic E-state index is -0.518. The van der Waals surface area contributed by atoms with E-state index in [1.165, 1.54) is 19.3 Å². The Morgan fingerprint density at radius 3 is 2.90 bits per heavy atom. The molecule has 1 saturated carbocycles. The summed E-state index contributed by atoms with van der Waals surface area (Å²) in [6, 6.07) is 8.02. The number of benzene rings is 1. The first kappa shape index (κ1) is 15.3. The molecule has 0 amide bonds. The minimum Gasteiger partial charge on any atom is -0.490 e. The zero-order valence-corrected chi connectivity index (χ0v) is 13.6. The third kappa shape index (κ3) is 3.77. The summed E-state index contributed by atoms with van der Waals surface area (Å²) < 4.78 is 12.4. The third-order valence-corrected chi connectivity index (χ3v) is 5.04. The van der Waals surface area contributed by atoms with Gasteiger partial charge in [0.15, 0.2) is 0 Å². The van der Waals surface area contributed by atoms with Crippen LogP contribution in [0.5, 0.6) is 5.75 Å². The lowest BCUT2D eigenvalue weighted by molar-refractivity contribution is -0.0563. The Morgan fingerprint density at radius 2 is 2.24 bits per heavy atom. The summed E-state index contributed by atoms with van der Waals surface area (Å²) in [5.74, 6) is 0.758. The Morgan fingerprint density at radius 1 is 1.43 bits per heavy atom. The van der Waals surface area contributed by atoms with Gasteiger partial charge in [0, 0.05) is 12.6 Å². The van der Waals surface area contributed by atoms with Crippen LogP contribution < -0.4 is 10.1 Å². The maximum absolute atomic E-state index is 10.0. The monoisotopic (exact) mass is 355 g/mol. The SMILES string of the molecule is OC(CNC1COC2(CCC2)C1)COc1ccccc1Br. The van der Waals surface area contributed by atoms with Crippen LogP contribution in [-0.4, -0.2) is 42.6 Å². The van der Waals surface area contributed by atoms with Gasteiger partial charge in [-0.1, -0.05) is 12.1 Å². The van der Waals surface area contributed by atoms with Gasteiger partial charge in [-0.25, -0.2) is 0 Å². The van der Waals surface area contributed by atoms with E-state index in [2.05, 4.69) is 21.2 Å². The highest BCUT2D eigenvalue weighted by atomic mass is 79.9. The largest absolute Gasteiger partial charge is 0.490 e. The molecular formula is C16H22BrNO3. The van der Waals surface area contributed by atoms with Gasteiger partial charge in [0.2, 0.25) is 0 Å². The summed E-state index contributed by atoms with van der Waals surface area (Å²) in [6.07, 6.45) is 4.23. The fourth-order valence-electron chi connectivity index (χ4n) is 3.00. The molecule has 0 bridgehead atoms. The van der Waals surface area contributed by atoms with Crippen molar-refractivity contribution in [1.82, 2.24) is 5.32 Å². The Bertz CT molecular complexity index is 478. The Labute approximate surface area is 134 Å². The van der Waals surface area contributed by atoms with Crippen molar-refractivity contribution in [3.05, 3.63) is 28.7 Å². The highest BCUT2D eigenvalue weighted by Crippen LogP contribution is 2.43. The summed E-state index contributed by atoms with van der Waals surface area (Å²) in [6.45, 7) is 1.58. The average molecular weight is 356 g/mol. The number of hydrogen-bond donors (Lipinski definition) is 2. The van der Waals surface area contributed by atoms with Crippen LogP contribution in [0.2, 0.25) is 0 Å². The standard InChI is InChI=1S/C16H22BrNO3/c17-14-4-1-2-5-15(14)20-11-13(19)9-18-12-8-16(21-10-12)6-3-7-16/h1-2,4-5,12-13,18-19H,3,6-11H2. The topological polar surface area (TPSA) is 50.7 Å². The van der Waals surface area contributed by atoms with Crippen LogP contribution in [0.1, 0.15) is 25.7 Å². The molecule has 21 heavy (non-hydrogen) atoms.